The van der Waals surface area contributed by atoms with Crippen LogP contribution in [0, 0.1) is 17.0 Å². The standard InChI is InChI=1S/C22H27NO6/c1-7-20(25)29-19-11-16(12(2)3)22(21(13(4)5)14(19)6)28-15-8-9-17(23(26)27)18(24)10-15/h8-13,24H,7H2,1-6H3. The van der Waals surface area contributed by atoms with Crippen molar-refractivity contribution in [3.8, 4) is 23.0 Å². The number of esters is 1. The van der Waals surface area contributed by atoms with Gasteiger partial charge >= 0.3 is 11.7 Å². The largest absolute Gasteiger partial charge is 0.502 e. The summed E-state index contributed by atoms with van der Waals surface area (Å²) in [6.07, 6.45) is 0.272. The fourth-order valence-corrected chi connectivity index (χ4v) is 3.15. The predicted molar refractivity (Wildman–Crippen MR) is 110 cm³/mol. The van der Waals surface area contributed by atoms with Crippen molar-refractivity contribution in [1.29, 1.82) is 0 Å². The van der Waals surface area contributed by atoms with Gasteiger partial charge in [-0.2, -0.15) is 0 Å². The topological polar surface area (TPSA) is 98.9 Å². The van der Waals surface area contributed by atoms with E-state index in [-0.39, 0.29) is 35.7 Å². The van der Waals surface area contributed by atoms with Gasteiger partial charge in [0.2, 0.25) is 0 Å². The molecule has 7 nitrogen and oxygen atoms in total. The Morgan fingerprint density at radius 1 is 1.17 bits per heavy atom. The third-order valence-electron chi connectivity index (χ3n) is 4.64. The average molecular weight is 401 g/mol. The number of carbonyl (C=O) groups excluding carboxylic acids is 1. The Hall–Kier alpha value is -3.09. The normalized spacial score (nSPS) is 11.0. The maximum atomic E-state index is 11.9. The number of ether oxygens (including phenoxy) is 2. The Bertz CT molecular complexity index is 933. The average Bonchev–Trinajstić information content (AvgIpc) is 2.62. The number of phenolic OH excluding ortho intramolecular Hbond substituents is 1. The molecule has 2 aromatic carbocycles. The van der Waals surface area contributed by atoms with Crippen molar-refractivity contribution in [3.05, 3.63) is 51.1 Å². The number of benzene rings is 2. The molecule has 2 aromatic rings. The third kappa shape index (κ3) is 4.85. The minimum absolute atomic E-state index is 0.0637. The molecule has 1 N–H and O–H groups in total. The van der Waals surface area contributed by atoms with Gasteiger partial charge in [0.15, 0.2) is 5.75 Å². The first-order valence-electron chi connectivity index (χ1n) is 9.60. The van der Waals surface area contributed by atoms with Crippen LogP contribution in [0.3, 0.4) is 0 Å². The molecular weight excluding hydrogens is 374 g/mol. The zero-order valence-corrected chi connectivity index (χ0v) is 17.6. The van der Waals surface area contributed by atoms with Gasteiger partial charge in [0.1, 0.15) is 17.2 Å². The number of nitro benzene ring substituents is 1. The second kappa shape index (κ2) is 8.94. The Morgan fingerprint density at radius 2 is 1.83 bits per heavy atom. The molecule has 0 radical (unpaired) electrons. The molecule has 2 rings (SSSR count). The summed E-state index contributed by atoms with van der Waals surface area (Å²) >= 11 is 0. The van der Waals surface area contributed by atoms with Crippen LogP contribution in [-0.4, -0.2) is 16.0 Å². The van der Waals surface area contributed by atoms with Gasteiger partial charge in [-0.25, -0.2) is 0 Å². The Morgan fingerprint density at radius 3 is 2.31 bits per heavy atom. The number of hydrogen-bond donors (Lipinski definition) is 1. The molecule has 0 aliphatic rings. The fraction of sp³-hybridized carbons (Fsp3) is 0.409. The monoisotopic (exact) mass is 401 g/mol. The van der Waals surface area contributed by atoms with E-state index in [0.717, 1.165) is 16.7 Å². The molecule has 0 aliphatic heterocycles. The lowest BCUT2D eigenvalue weighted by atomic mass is 9.89. The van der Waals surface area contributed by atoms with Crippen LogP contribution in [0.15, 0.2) is 24.3 Å². The molecule has 0 spiro atoms. The van der Waals surface area contributed by atoms with Gasteiger partial charge < -0.3 is 14.6 Å². The summed E-state index contributed by atoms with van der Waals surface area (Å²) in [4.78, 5) is 22.1. The van der Waals surface area contributed by atoms with Gasteiger partial charge in [-0.05, 0) is 36.5 Å². The second-order valence-corrected chi connectivity index (χ2v) is 7.48. The summed E-state index contributed by atoms with van der Waals surface area (Å²) in [6, 6.07) is 5.69. The highest BCUT2D eigenvalue weighted by Crippen LogP contribution is 2.44. The number of hydrogen-bond acceptors (Lipinski definition) is 6. The van der Waals surface area contributed by atoms with Crippen LogP contribution in [0.1, 0.15) is 69.6 Å². The number of phenols is 1. The molecule has 0 aliphatic carbocycles. The Balaban J connectivity index is 2.63. The van der Waals surface area contributed by atoms with Crippen molar-refractivity contribution in [1.82, 2.24) is 0 Å². The van der Waals surface area contributed by atoms with Crippen molar-refractivity contribution in [3.63, 3.8) is 0 Å². The summed E-state index contributed by atoms with van der Waals surface area (Å²) in [7, 11) is 0. The van der Waals surface area contributed by atoms with E-state index in [4.69, 9.17) is 9.47 Å². The maximum absolute atomic E-state index is 11.9. The zero-order chi connectivity index (χ0) is 21.9. The molecule has 0 heterocycles. The van der Waals surface area contributed by atoms with Crippen LogP contribution >= 0.6 is 0 Å². The molecule has 0 atom stereocenters. The second-order valence-electron chi connectivity index (χ2n) is 7.48. The minimum Gasteiger partial charge on any atom is -0.502 e. The fourth-order valence-electron chi connectivity index (χ4n) is 3.15. The number of nitrogens with zero attached hydrogens (tertiary/aromatic N) is 1. The third-order valence-corrected chi connectivity index (χ3v) is 4.64. The summed E-state index contributed by atoms with van der Waals surface area (Å²) in [5, 5.41) is 20.9. The Labute approximate surface area is 170 Å². The molecule has 0 amide bonds. The predicted octanol–water partition coefficient (Wildman–Crippen LogP) is 5.96. The van der Waals surface area contributed by atoms with E-state index in [2.05, 4.69) is 0 Å². The van der Waals surface area contributed by atoms with E-state index >= 15 is 0 Å². The molecule has 0 bridgehead atoms. The van der Waals surface area contributed by atoms with Crippen LogP contribution in [0.2, 0.25) is 0 Å². The highest BCUT2D eigenvalue weighted by atomic mass is 16.6. The first-order valence-corrected chi connectivity index (χ1v) is 9.60. The van der Waals surface area contributed by atoms with Crippen molar-refractivity contribution in [2.75, 3.05) is 0 Å². The van der Waals surface area contributed by atoms with E-state index in [1.54, 1.807) is 13.0 Å². The van der Waals surface area contributed by atoms with E-state index in [0.29, 0.717) is 11.5 Å². The summed E-state index contributed by atoms with van der Waals surface area (Å²) in [5.41, 5.74) is 2.14. The lowest BCUT2D eigenvalue weighted by molar-refractivity contribution is -0.385. The van der Waals surface area contributed by atoms with E-state index in [1.165, 1.54) is 18.2 Å². The molecular formula is C22H27NO6. The first kappa shape index (κ1) is 22.2. The summed E-state index contributed by atoms with van der Waals surface area (Å²) < 4.78 is 11.7. The number of nitro groups is 1. The molecule has 0 fully saturated rings. The highest BCUT2D eigenvalue weighted by molar-refractivity contribution is 5.73. The van der Waals surface area contributed by atoms with Gasteiger partial charge in [-0.3, -0.25) is 14.9 Å². The van der Waals surface area contributed by atoms with Crippen molar-refractivity contribution in [2.24, 2.45) is 0 Å². The maximum Gasteiger partial charge on any atom is 0.310 e. The van der Waals surface area contributed by atoms with Crippen LogP contribution < -0.4 is 9.47 Å². The van der Waals surface area contributed by atoms with Crippen molar-refractivity contribution < 1.29 is 24.3 Å². The lowest BCUT2D eigenvalue weighted by Gasteiger charge is -2.24. The Kier molecular flexibility index (Phi) is 6.84. The molecule has 156 valence electrons. The smallest absolute Gasteiger partial charge is 0.310 e. The van der Waals surface area contributed by atoms with Crippen molar-refractivity contribution in [2.45, 2.75) is 59.8 Å². The van der Waals surface area contributed by atoms with Crippen LogP contribution in [-0.2, 0) is 4.79 Å². The molecule has 29 heavy (non-hydrogen) atoms. The quantitative estimate of drug-likeness (QED) is 0.266. The van der Waals surface area contributed by atoms with Gasteiger partial charge in [0, 0.05) is 29.7 Å². The SMILES string of the molecule is CCC(=O)Oc1cc(C(C)C)c(Oc2ccc([N+](=O)[O-])c(O)c2)c(C(C)C)c1C. The van der Waals surface area contributed by atoms with E-state index < -0.39 is 10.7 Å². The summed E-state index contributed by atoms with van der Waals surface area (Å²) in [5.74, 6) is 0.749. The first-order chi connectivity index (χ1) is 13.6. The van der Waals surface area contributed by atoms with Gasteiger partial charge in [0.25, 0.3) is 0 Å². The van der Waals surface area contributed by atoms with E-state index in [1.807, 2.05) is 34.6 Å². The van der Waals surface area contributed by atoms with Gasteiger partial charge in [-0.15, -0.1) is 0 Å². The van der Waals surface area contributed by atoms with Crippen LogP contribution in [0.4, 0.5) is 5.69 Å². The number of aromatic hydroxyl groups is 1. The van der Waals surface area contributed by atoms with Crippen LogP contribution in [0.5, 0.6) is 23.0 Å². The lowest BCUT2D eigenvalue weighted by Crippen LogP contribution is -2.10. The van der Waals surface area contributed by atoms with Crippen molar-refractivity contribution >= 4 is 11.7 Å². The number of carbonyl (C=O) groups is 1. The number of rotatable bonds is 7. The molecule has 7 heteroatoms. The zero-order valence-electron chi connectivity index (χ0n) is 17.6. The molecule has 0 aromatic heterocycles. The van der Waals surface area contributed by atoms with Gasteiger partial charge in [0.05, 0.1) is 4.92 Å². The highest BCUT2D eigenvalue weighted by Gasteiger charge is 2.24. The molecule has 0 saturated carbocycles. The van der Waals surface area contributed by atoms with Gasteiger partial charge in [-0.1, -0.05) is 34.6 Å². The summed E-state index contributed by atoms with van der Waals surface area (Å²) in [6.45, 7) is 11.6. The van der Waals surface area contributed by atoms with Crippen LogP contribution in [0.25, 0.3) is 0 Å². The van der Waals surface area contributed by atoms with E-state index in [9.17, 15) is 20.0 Å². The molecule has 0 unspecified atom stereocenters. The minimum atomic E-state index is -0.654. The molecule has 0 saturated heterocycles.